The van der Waals surface area contributed by atoms with Crippen LogP contribution in [0.4, 0.5) is 0 Å². The minimum absolute atomic E-state index is 0.0185. The number of amides is 1. The predicted octanol–water partition coefficient (Wildman–Crippen LogP) is -9.03. The molecular formula is C62H96N12O34S2. The Labute approximate surface area is 634 Å². The van der Waals surface area contributed by atoms with E-state index in [1.807, 2.05) is 0 Å². The molecule has 48 heteroatoms. The van der Waals surface area contributed by atoms with E-state index in [-0.39, 0.29) is 134 Å². The summed E-state index contributed by atoms with van der Waals surface area (Å²) in [6.45, 7) is 2.16. The summed E-state index contributed by atoms with van der Waals surface area (Å²) in [6.07, 6.45) is -17.8. The summed E-state index contributed by atoms with van der Waals surface area (Å²) in [5.74, 6) is -10.8. The molecular weight excluding hydrogens is 1520 g/mol. The van der Waals surface area contributed by atoms with E-state index in [0.29, 0.717) is 23.7 Å². The van der Waals surface area contributed by atoms with Crippen LogP contribution in [0.25, 0.3) is 0 Å². The summed E-state index contributed by atoms with van der Waals surface area (Å²) >= 11 is 2.61. The fourth-order valence-corrected chi connectivity index (χ4v) is 12.1. The van der Waals surface area contributed by atoms with Gasteiger partial charge in [-0.1, -0.05) is 22.6 Å². The summed E-state index contributed by atoms with van der Waals surface area (Å²) in [7, 11) is 3.18. The van der Waals surface area contributed by atoms with Crippen LogP contribution < -0.4 is 16.0 Å². The van der Waals surface area contributed by atoms with E-state index in [1.54, 1.807) is 39.0 Å². The van der Waals surface area contributed by atoms with Crippen LogP contribution in [0.2, 0.25) is 0 Å². The van der Waals surface area contributed by atoms with Gasteiger partial charge in [-0.15, -0.1) is 15.3 Å². The molecule has 3 aromatic heterocycles. The van der Waals surface area contributed by atoms with Crippen molar-refractivity contribution >= 4 is 82.8 Å². The zero-order valence-electron chi connectivity index (χ0n) is 60.3. The molecule has 3 aliphatic rings. The maximum absolute atomic E-state index is 13.6. The van der Waals surface area contributed by atoms with Gasteiger partial charge in [-0.05, 0) is 26.6 Å². The molecule has 3 aliphatic heterocycles. The van der Waals surface area contributed by atoms with Crippen molar-refractivity contribution in [2.75, 3.05) is 97.6 Å². The molecule has 1 amide bonds. The number of ketones is 3. The Balaban J connectivity index is 0.000000534. The third-order valence-corrected chi connectivity index (χ3v) is 18.3. The van der Waals surface area contributed by atoms with Gasteiger partial charge < -0.3 is 130 Å². The summed E-state index contributed by atoms with van der Waals surface area (Å²) in [5.41, 5.74) is 1.26. The molecule has 6 heterocycles. The van der Waals surface area contributed by atoms with Gasteiger partial charge in [0.1, 0.15) is 54.9 Å². The first-order valence-electron chi connectivity index (χ1n) is 33.9. The Morgan fingerprint density at radius 3 is 1.03 bits per heavy atom. The summed E-state index contributed by atoms with van der Waals surface area (Å²) in [6, 6.07) is -2.61. The van der Waals surface area contributed by atoms with Crippen molar-refractivity contribution in [3.8, 4) is 0 Å². The number of carboxylic acid groups (broad SMARTS) is 5. The molecule has 0 radical (unpaired) electrons. The Bertz CT molecular complexity index is 3390. The van der Waals surface area contributed by atoms with Crippen molar-refractivity contribution in [2.45, 2.75) is 175 Å². The van der Waals surface area contributed by atoms with Crippen molar-refractivity contribution in [1.29, 1.82) is 0 Å². The topological polar surface area (TPSA) is 682 Å². The van der Waals surface area contributed by atoms with Gasteiger partial charge in [0.15, 0.2) is 54.5 Å². The van der Waals surface area contributed by atoms with Crippen LogP contribution in [0.5, 0.6) is 0 Å². The number of nitrogens with one attached hydrogen (secondary N) is 3. The third-order valence-electron chi connectivity index (χ3n) is 16.8. The molecule has 9 unspecified atom stereocenters. The maximum atomic E-state index is 13.6. The Hall–Kier alpha value is -7.47. The molecule has 0 aliphatic carbocycles. The van der Waals surface area contributed by atoms with Crippen molar-refractivity contribution in [2.24, 2.45) is 17.8 Å². The second-order valence-corrected chi connectivity index (χ2v) is 26.7. The number of carbonyl (C=O) groups is 9. The Kier molecular flexibility index (Phi) is 42.4. The molecule has 3 fully saturated rings. The number of rotatable bonds is 49. The van der Waals surface area contributed by atoms with E-state index >= 15 is 0 Å². The minimum Gasteiger partial charge on any atom is -0.481 e. The molecule has 110 heavy (non-hydrogen) atoms. The lowest BCUT2D eigenvalue weighted by molar-refractivity contribution is -0.295. The molecule has 0 spiro atoms. The van der Waals surface area contributed by atoms with Crippen molar-refractivity contribution in [3.63, 3.8) is 0 Å². The second kappa shape index (κ2) is 49.1. The summed E-state index contributed by atoms with van der Waals surface area (Å²) < 4.78 is 51.7. The zero-order chi connectivity index (χ0) is 81.9. The highest BCUT2D eigenvalue weighted by Gasteiger charge is 2.50. The van der Waals surface area contributed by atoms with E-state index in [1.165, 1.54) is 50.7 Å². The quantitative estimate of drug-likeness (QED) is 0.0233. The predicted molar refractivity (Wildman–Crippen MR) is 364 cm³/mol. The molecule has 620 valence electrons. The van der Waals surface area contributed by atoms with Gasteiger partial charge in [0.25, 0.3) is 0 Å². The van der Waals surface area contributed by atoms with Crippen LogP contribution in [0, 0.1) is 17.8 Å². The largest absolute Gasteiger partial charge is 0.481 e. The molecule has 3 aromatic rings. The summed E-state index contributed by atoms with van der Waals surface area (Å²) in [5, 5.41) is 168. The first-order valence-corrected chi connectivity index (χ1v) is 36.7. The van der Waals surface area contributed by atoms with Crippen LogP contribution in [0.15, 0.2) is 18.6 Å². The van der Waals surface area contributed by atoms with Gasteiger partial charge in [-0.2, -0.15) is 33.1 Å². The number of aromatic nitrogens is 9. The number of carboxylic acids is 5. The van der Waals surface area contributed by atoms with Gasteiger partial charge in [0.05, 0.1) is 126 Å². The van der Waals surface area contributed by atoms with Gasteiger partial charge >= 0.3 is 36.0 Å². The van der Waals surface area contributed by atoms with E-state index < -0.39 is 176 Å². The van der Waals surface area contributed by atoms with E-state index in [4.69, 9.17) is 62.4 Å². The average Bonchev–Trinajstić information content (AvgIpc) is 0.968. The number of carbonyl (C=O) groups excluding carboxylic acids is 6. The SMILES string of the molecule is CN[C@@H](Cc1cn(CCOCCOC2OC(C(=O)O)C(O)[C@H](O)[C@@H]2O)nn1)C(=O)C[C@@H](C)C(=O)N[C@@H](Cc1cn(CCOCCOC2OC(C(=O)O)C(O)[C@H](O)[C@@H]2O)nn1)C(=O)C[C@H](CSC)C(=O)O.CN[C@@H](Cc1cn(CCOCCOC2OC(C(=O)O)C(O)[C@H](O)[C@@H]2O)nn1)C(=O)C[C@H](CSC)C(=O)O.O=C=O. The monoisotopic (exact) mass is 1620 g/mol. The number of hydrogen-bond acceptors (Lipinski definition) is 39. The third kappa shape index (κ3) is 30.6. The van der Waals surface area contributed by atoms with Crippen LogP contribution in [0.1, 0.15) is 43.3 Å². The van der Waals surface area contributed by atoms with Crippen LogP contribution in [0.3, 0.4) is 0 Å². The normalized spacial score (nSPS) is 25.5. The second-order valence-electron chi connectivity index (χ2n) is 24.9. The maximum Gasteiger partial charge on any atom is 0.373 e. The smallest absolute Gasteiger partial charge is 0.373 e. The fourth-order valence-electron chi connectivity index (χ4n) is 10.7. The van der Waals surface area contributed by atoms with Crippen LogP contribution >= 0.6 is 23.5 Å². The molecule has 21 atom stereocenters. The Morgan fingerprint density at radius 1 is 0.455 bits per heavy atom. The molecule has 46 nitrogen and oxygen atoms in total. The minimum atomic E-state index is -1.86. The highest BCUT2D eigenvalue weighted by atomic mass is 32.2. The molecule has 3 saturated heterocycles. The van der Waals surface area contributed by atoms with Gasteiger partial charge in [0, 0.05) is 74.5 Å². The Morgan fingerprint density at radius 2 is 0.745 bits per heavy atom. The number of aliphatic carboxylic acids is 5. The lowest BCUT2D eigenvalue weighted by Crippen LogP contribution is -2.60. The van der Waals surface area contributed by atoms with Crippen LogP contribution in [-0.4, -0.2) is 384 Å². The van der Waals surface area contributed by atoms with Gasteiger partial charge in [-0.3, -0.25) is 28.8 Å². The van der Waals surface area contributed by atoms with Crippen molar-refractivity contribution in [1.82, 2.24) is 60.9 Å². The van der Waals surface area contributed by atoms with E-state index in [2.05, 4.69) is 46.9 Å². The summed E-state index contributed by atoms with van der Waals surface area (Å²) in [4.78, 5) is 126. The first-order chi connectivity index (χ1) is 52.2. The van der Waals surface area contributed by atoms with Crippen molar-refractivity contribution in [3.05, 3.63) is 35.7 Å². The number of likely N-dealkylation sites (N-methyl/N-ethyl adjacent to an activating group) is 2. The number of thioether (sulfide) groups is 2. The number of hydrogen-bond donors (Lipinski definition) is 17. The molecule has 0 aromatic carbocycles. The fraction of sp³-hybridized carbons (Fsp3) is 0.742. The highest BCUT2D eigenvalue weighted by molar-refractivity contribution is 7.98. The molecule has 0 saturated carbocycles. The van der Waals surface area contributed by atoms with E-state index in [0.717, 1.165) is 0 Å². The lowest BCUT2D eigenvalue weighted by Gasteiger charge is -2.38. The standard InChI is InChI=1S/C40H62N8O21S.C21H34N4O11S.CO2/c1-19(12-25(49)23(41-2)14-21-16-47(45-43-21)4-6-64-8-10-66-39-31(55)27(51)29(53)33(68-39)37(60)61)35(57)42-24(26(50)13-20(18-70-3)36(58)59)15-22-17-48(46-44-22)5-7-65-9-11-67-40-32(56)28(52)30(54)34(69-40)38(62)63;1-22-13(14(26)7-11(10-37-2)19(30)31)8-12-9-25(24-23-12)3-4-34-5-6-35-21-17(29)15(27)16(28)18(36-21)20(32)33;2-1-3/h16-17,19-20,23-24,27-34,39-41,51-56H,4-15,18H2,1-3H3,(H,42,57)(H,58,59)(H,60,61)(H,62,63);9,11,13,15-18,21-22,27-29H,3-8,10H2,1-2H3,(H,30,31)(H,32,33);/t19-,20-,23+,24+,27+,28+,29?,30?,31+,32+,33?,34?,39?,40?;11-,13+,15+,16?,17+,18?,21?;/m11./s1. The molecule has 17 N–H and O–H groups in total. The number of aliphatic hydroxyl groups is 9. The average molecular weight is 1620 g/mol. The highest BCUT2D eigenvalue weighted by Crippen LogP contribution is 2.26. The van der Waals surface area contributed by atoms with Gasteiger partial charge in [0.2, 0.25) is 5.91 Å². The lowest BCUT2D eigenvalue weighted by atomic mass is 9.94. The molecule has 0 bridgehead atoms. The van der Waals surface area contributed by atoms with Crippen LogP contribution in [-0.2, 0) is 134 Å². The van der Waals surface area contributed by atoms with Crippen molar-refractivity contribution < 1.29 is 167 Å². The number of ether oxygens (including phenoxy) is 9. The molecule has 6 rings (SSSR count). The number of nitrogens with zero attached hydrogens (tertiary/aromatic N) is 9. The van der Waals surface area contributed by atoms with Gasteiger partial charge in [-0.25, -0.2) is 28.4 Å². The number of aliphatic hydroxyl groups excluding tert-OH is 9. The van der Waals surface area contributed by atoms with E-state index in [9.17, 15) is 104 Å². The number of Topliss-reactive ketones (excluding diaryl/α,β-unsaturated/α-hetero) is 3. The first kappa shape index (κ1) is 94.9. The zero-order valence-corrected chi connectivity index (χ0v) is 61.9.